The van der Waals surface area contributed by atoms with Gasteiger partial charge in [0.1, 0.15) is 5.52 Å². The molecule has 0 N–H and O–H groups in total. The molecule has 0 aliphatic carbocycles. The number of aromatic nitrogens is 1. The van der Waals surface area contributed by atoms with Gasteiger partial charge >= 0.3 is 0 Å². The highest BCUT2D eigenvalue weighted by Crippen LogP contribution is 2.21. The molecule has 0 atom stereocenters. The minimum Gasteiger partial charge on any atom is -0.439 e. The SMILES string of the molecule is O=C(c1cccc(Cl)c1)N1CCCN(Cc2nc3cc(Cl)ccc3o2)CC1. The summed E-state index contributed by atoms with van der Waals surface area (Å²) < 4.78 is 5.82. The Labute approximate surface area is 167 Å². The molecular weight excluding hydrogens is 385 g/mol. The normalized spacial score (nSPS) is 15.9. The van der Waals surface area contributed by atoms with Gasteiger partial charge in [-0.25, -0.2) is 4.98 Å². The second kappa shape index (κ2) is 7.89. The summed E-state index contributed by atoms with van der Waals surface area (Å²) in [5, 5.41) is 1.22. The number of halogens is 2. The summed E-state index contributed by atoms with van der Waals surface area (Å²) in [5.41, 5.74) is 2.14. The van der Waals surface area contributed by atoms with Gasteiger partial charge in [0.05, 0.1) is 6.54 Å². The number of nitrogens with zero attached hydrogens (tertiary/aromatic N) is 3. The van der Waals surface area contributed by atoms with Crippen LogP contribution >= 0.6 is 23.2 Å². The zero-order valence-electron chi connectivity index (χ0n) is 14.7. The zero-order valence-corrected chi connectivity index (χ0v) is 16.2. The monoisotopic (exact) mass is 403 g/mol. The summed E-state index contributed by atoms with van der Waals surface area (Å²) in [6.45, 7) is 3.67. The number of hydrogen-bond donors (Lipinski definition) is 0. The lowest BCUT2D eigenvalue weighted by Crippen LogP contribution is -2.35. The number of oxazole rings is 1. The Bertz CT molecular complexity index is 973. The number of amides is 1. The third-order valence-corrected chi connectivity index (χ3v) is 5.17. The predicted molar refractivity (Wildman–Crippen MR) is 106 cm³/mol. The minimum absolute atomic E-state index is 0.0239. The molecule has 0 bridgehead atoms. The van der Waals surface area contributed by atoms with Gasteiger partial charge in [0, 0.05) is 41.8 Å². The van der Waals surface area contributed by atoms with E-state index in [9.17, 15) is 4.79 Å². The quantitative estimate of drug-likeness (QED) is 0.646. The molecule has 0 saturated carbocycles. The Kier molecular flexibility index (Phi) is 5.34. The van der Waals surface area contributed by atoms with E-state index in [4.69, 9.17) is 27.6 Å². The fourth-order valence-corrected chi connectivity index (χ4v) is 3.70. The summed E-state index contributed by atoms with van der Waals surface area (Å²) >= 11 is 12.0. The third-order valence-electron chi connectivity index (χ3n) is 4.70. The van der Waals surface area contributed by atoms with Crippen molar-refractivity contribution >= 4 is 40.2 Å². The van der Waals surface area contributed by atoms with Crippen LogP contribution in [0.4, 0.5) is 0 Å². The number of carbonyl (C=O) groups is 1. The molecule has 140 valence electrons. The van der Waals surface area contributed by atoms with Gasteiger partial charge in [0.15, 0.2) is 5.58 Å². The van der Waals surface area contributed by atoms with Crippen LogP contribution in [0.3, 0.4) is 0 Å². The lowest BCUT2D eigenvalue weighted by Gasteiger charge is -2.21. The molecule has 5 nitrogen and oxygen atoms in total. The van der Waals surface area contributed by atoms with Crippen molar-refractivity contribution in [3.05, 3.63) is 64.0 Å². The summed E-state index contributed by atoms with van der Waals surface area (Å²) in [6.07, 6.45) is 0.901. The predicted octanol–water partition coefficient (Wildman–Crippen LogP) is 4.48. The molecule has 2 aromatic carbocycles. The second-order valence-corrected chi connectivity index (χ2v) is 7.52. The zero-order chi connectivity index (χ0) is 18.8. The van der Waals surface area contributed by atoms with Crippen molar-refractivity contribution in [1.29, 1.82) is 0 Å². The first kappa shape index (κ1) is 18.3. The van der Waals surface area contributed by atoms with Gasteiger partial charge in [-0.15, -0.1) is 0 Å². The third kappa shape index (κ3) is 4.26. The summed E-state index contributed by atoms with van der Waals surface area (Å²) in [4.78, 5) is 21.4. The Hall–Kier alpha value is -2.08. The number of benzene rings is 2. The van der Waals surface area contributed by atoms with Crippen molar-refractivity contribution in [2.24, 2.45) is 0 Å². The maximum atomic E-state index is 12.7. The summed E-state index contributed by atoms with van der Waals surface area (Å²) in [5.74, 6) is 0.692. The first-order valence-electron chi connectivity index (χ1n) is 8.91. The Morgan fingerprint density at radius 1 is 1.04 bits per heavy atom. The van der Waals surface area contributed by atoms with E-state index in [1.807, 2.05) is 11.0 Å². The van der Waals surface area contributed by atoms with Crippen LogP contribution in [-0.4, -0.2) is 46.9 Å². The van der Waals surface area contributed by atoms with Crippen molar-refractivity contribution in [3.8, 4) is 0 Å². The molecule has 3 aromatic rings. The second-order valence-electron chi connectivity index (χ2n) is 6.65. The maximum Gasteiger partial charge on any atom is 0.253 e. The average Bonchev–Trinajstić information content (AvgIpc) is 2.89. The van der Waals surface area contributed by atoms with E-state index in [-0.39, 0.29) is 5.91 Å². The smallest absolute Gasteiger partial charge is 0.253 e. The Morgan fingerprint density at radius 3 is 2.74 bits per heavy atom. The summed E-state index contributed by atoms with van der Waals surface area (Å²) in [7, 11) is 0. The van der Waals surface area contributed by atoms with E-state index in [0.29, 0.717) is 34.6 Å². The maximum absolute atomic E-state index is 12.7. The Morgan fingerprint density at radius 2 is 1.89 bits per heavy atom. The molecule has 1 saturated heterocycles. The first-order valence-corrected chi connectivity index (χ1v) is 9.66. The van der Waals surface area contributed by atoms with Crippen LogP contribution in [0, 0.1) is 0 Å². The van der Waals surface area contributed by atoms with Crippen molar-refractivity contribution in [2.75, 3.05) is 26.2 Å². The lowest BCUT2D eigenvalue weighted by molar-refractivity contribution is 0.0760. The molecule has 0 unspecified atom stereocenters. The van der Waals surface area contributed by atoms with E-state index >= 15 is 0 Å². The topological polar surface area (TPSA) is 49.6 Å². The number of rotatable bonds is 3. The van der Waals surface area contributed by atoms with E-state index in [1.165, 1.54) is 0 Å². The van der Waals surface area contributed by atoms with Gasteiger partial charge in [0.25, 0.3) is 5.91 Å². The molecule has 1 aromatic heterocycles. The minimum atomic E-state index is 0.0239. The van der Waals surface area contributed by atoms with Gasteiger partial charge < -0.3 is 9.32 Å². The van der Waals surface area contributed by atoms with E-state index in [1.54, 1.807) is 36.4 Å². The van der Waals surface area contributed by atoms with Crippen molar-refractivity contribution < 1.29 is 9.21 Å². The molecule has 27 heavy (non-hydrogen) atoms. The Balaban J connectivity index is 1.41. The highest BCUT2D eigenvalue weighted by atomic mass is 35.5. The molecule has 1 aliphatic rings. The van der Waals surface area contributed by atoms with Crippen LogP contribution in [0.25, 0.3) is 11.1 Å². The van der Waals surface area contributed by atoms with E-state index < -0.39 is 0 Å². The number of fused-ring (bicyclic) bond motifs is 1. The van der Waals surface area contributed by atoms with Gasteiger partial charge in [-0.1, -0.05) is 29.3 Å². The molecule has 1 fully saturated rings. The standard InChI is InChI=1S/C20H19Cl2N3O2/c21-15-4-1-3-14(11-15)20(26)25-8-2-7-24(9-10-25)13-19-23-17-12-16(22)5-6-18(17)27-19/h1,3-6,11-12H,2,7-10,13H2. The van der Waals surface area contributed by atoms with Gasteiger partial charge in [0.2, 0.25) is 5.89 Å². The molecule has 0 radical (unpaired) electrons. The molecule has 2 heterocycles. The highest BCUT2D eigenvalue weighted by Gasteiger charge is 2.21. The van der Waals surface area contributed by atoms with E-state index in [2.05, 4.69) is 9.88 Å². The van der Waals surface area contributed by atoms with Crippen LogP contribution in [0.15, 0.2) is 46.9 Å². The molecule has 0 spiro atoms. The molecular formula is C20H19Cl2N3O2. The van der Waals surface area contributed by atoms with Crippen molar-refractivity contribution in [2.45, 2.75) is 13.0 Å². The fourth-order valence-electron chi connectivity index (χ4n) is 3.34. The first-order chi connectivity index (χ1) is 13.1. The molecule has 7 heteroatoms. The largest absolute Gasteiger partial charge is 0.439 e. The lowest BCUT2D eigenvalue weighted by atomic mass is 10.2. The molecule has 1 amide bonds. The molecule has 4 rings (SSSR count). The van der Waals surface area contributed by atoms with Crippen molar-refractivity contribution in [1.82, 2.24) is 14.8 Å². The van der Waals surface area contributed by atoms with Crippen LogP contribution in [0.1, 0.15) is 22.7 Å². The van der Waals surface area contributed by atoms with E-state index in [0.717, 1.165) is 37.2 Å². The van der Waals surface area contributed by atoms with Gasteiger partial charge in [-0.2, -0.15) is 0 Å². The van der Waals surface area contributed by atoms with Gasteiger partial charge in [-0.05, 0) is 42.8 Å². The average molecular weight is 404 g/mol. The number of carbonyl (C=O) groups excluding carboxylic acids is 1. The van der Waals surface area contributed by atoms with Crippen LogP contribution in [0.2, 0.25) is 10.0 Å². The van der Waals surface area contributed by atoms with Crippen molar-refractivity contribution in [3.63, 3.8) is 0 Å². The fraction of sp³-hybridized carbons (Fsp3) is 0.300. The van der Waals surface area contributed by atoms with Crippen LogP contribution in [0.5, 0.6) is 0 Å². The molecule has 1 aliphatic heterocycles. The van der Waals surface area contributed by atoms with Gasteiger partial charge in [-0.3, -0.25) is 9.69 Å². The highest BCUT2D eigenvalue weighted by molar-refractivity contribution is 6.31. The van der Waals surface area contributed by atoms with Crippen LogP contribution < -0.4 is 0 Å². The number of hydrogen-bond acceptors (Lipinski definition) is 4. The van der Waals surface area contributed by atoms with Crippen LogP contribution in [-0.2, 0) is 6.54 Å². The summed E-state index contributed by atoms with van der Waals surface area (Å²) in [6, 6.07) is 12.5.